The molecule has 3 aliphatic rings. The molecule has 3 aliphatic heterocycles. The first-order valence-corrected chi connectivity index (χ1v) is 12.0. The first kappa shape index (κ1) is 21.0. The van der Waals surface area contributed by atoms with Crippen LogP contribution in [-0.2, 0) is 13.0 Å². The van der Waals surface area contributed by atoms with Crippen LogP contribution in [0.25, 0.3) is 0 Å². The maximum Gasteiger partial charge on any atom is 0.237 e. The molecule has 0 spiro atoms. The molecule has 5 heterocycles. The van der Waals surface area contributed by atoms with Gasteiger partial charge in [0.15, 0.2) is 0 Å². The minimum atomic E-state index is 0.630. The molecule has 176 valence electrons. The average molecular weight is 459 g/mol. The minimum Gasteiger partial charge on any atom is -0.474 e. The lowest BCUT2D eigenvalue weighted by Crippen LogP contribution is -2.43. The molecule has 9 nitrogen and oxygen atoms in total. The third-order valence-electron chi connectivity index (χ3n) is 6.81. The number of fused-ring (bicyclic) bond motifs is 2. The summed E-state index contributed by atoms with van der Waals surface area (Å²) in [6.45, 7) is 9.39. The summed E-state index contributed by atoms with van der Waals surface area (Å²) in [5, 5.41) is 10.2. The molecule has 1 fully saturated rings. The highest BCUT2D eigenvalue weighted by molar-refractivity contribution is 5.70. The number of pyridine rings is 1. The van der Waals surface area contributed by atoms with E-state index >= 15 is 0 Å². The van der Waals surface area contributed by atoms with Crippen LogP contribution in [0.15, 0.2) is 36.7 Å². The van der Waals surface area contributed by atoms with Gasteiger partial charge in [-0.3, -0.25) is 0 Å². The van der Waals surface area contributed by atoms with Crippen molar-refractivity contribution < 1.29 is 4.74 Å². The predicted octanol–water partition coefficient (Wildman–Crippen LogP) is 2.70. The first-order valence-electron chi connectivity index (χ1n) is 12.0. The van der Waals surface area contributed by atoms with E-state index in [4.69, 9.17) is 9.72 Å². The molecule has 3 aromatic rings. The number of anilines is 5. The monoisotopic (exact) mass is 458 g/mol. The molecule has 6 rings (SSSR count). The molecule has 2 aromatic heterocycles. The highest BCUT2D eigenvalue weighted by Gasteiger charge is 2.24. The van der Waals surface area contributed by atoms with Crippen molar-refractivity contribution in [3.8, 4) is 5.88 Å². The quantitative estimate of drug-likeness (QED) is 0.546. The molecule has 0 radical (unpaired) electrons. The largest absolute Gasteiger partial charge is 0.474 e. The number of hydrogen-bond acceptors (Lipinski definition) is 9. The lowest BCUT2D eigenvalue weighted by Gasteiger charge is -2.32. The lowest BCUT2D eigenvalue weighted by atomic mass is 10.0. The van der Waals surface area contributed by atoms with E-state index in [9.17, 15) is 0 Å². The van der Waals surface area contributed by atoms with Crippen LogP contribution in [-0.4, -0.2) is 60.8 Å². The van der Waals surface area contributed by atoms with Crippen molar-refractivity contribution in [2.24, 2.45) is 0 Å². The first-order chi connectivity index (χ1) is 16.7. The van der Waals surface area contributed by atoms with Crippen LogP contribution in [0.1, 0.15) is 16.8 Å². The highest BCUT2D eigenvalue weighted by atomic mass is 16.5. The van der Waals surface area contributed by atoms with Crippen molar-refractivity contribution >= 4 is 28.7 Å². The van der Waals surface area contributed by atoms with Gasteiger partial charge < -0.3 is 30.5 Å². The van der Waals surface area contributed by atoms with Crippen LogP contribution in [0, 0.1) is 6.92 Å². The number of nitrogens with zero attached hydrogens (tertiary/aromatic N) is 5. The summed E-state index contributed by atoms with van der Waals surface area (Å²) in [5.41, 5.74) is 7.81. The Bertz CT molecular complexity index is 1180. The Kier molecular flexibility index (Phi) is 5.54. The van der Waals surface area contributed by atoms with Crippen LogP contribution in [0.5, 0.6) is 5.88 Å². The fourth-order valence-corrected chi connectivity index (χ4v) is 4.91. The van der Waals surface area contributed by atoms with Crippen molar-refractivity contribution in [1.29, 1.82) is 0 Å². The van der Waals surface area contributed by atoms with Gasteiger partial charge >= 0.3 is 0 Å². The van der Waals surface area contributed by atoms with Crippen molar-refractivity contribution in [2.75, 3.05) is 66.3 Å². The Morgan fingerprint density at radius 2 is 1.82 bits per heavy atom. The van der Waals surface area contributed by atoms with E-state index in [2.05, 4.69) is 66.9 Å². The Morgan fingerprint density at radius 1 is 0.971 bits per heavy atom. The second kappa shape index (κ2) is 8.98. The van der Waals surface area contributed by atoms with E-state index in [1.165, 1.54) is 16.8 Å². The summed E-state index contributed by atoms with van der Waals surface area (Å²) >= 11 is 0. The normalized spacial score (nSPS) is 17.3. The fraction of sp³-hybridized carbons (Fsp3) is 0.400. The summed E-state index contributed by atoms with van der Waals surface area (Å²) < 4.78 is 5.69. The number of nitrogens with one attached hydrogen (secondary N) is 3. The molecular weight excluding hydrogens is 428 g/mol. The maximum absolute atomic E-state index is 5.69. The van der Waals surface area contributed by atoms with E-state index < -0.39 is 0 Å². The van der Waals surface area contributed by atoms with Crippen LogP contribution < -0.4 is 30.5 Å². The Morgan fingerprint density at radius 3 is 2.68 bits per heavy atom. The maximum atomic E-state index is 5.69. The lowest BCUT2D eigenvalue weighted by molar-refractivity contribution is 0.310. The van der Waals surface area contributed by atoms with Gasteiger partial charge in [0, 0.05) is 62.4 Å². The molecule has 0 unspecified atom stereocenters. The summed E-state index contributed by atoms with van der Waals surface area (Å²) in [5.74, 6) is 1.33. The van der Waals surface area contributed by atoms with Gasteiger partial charge in [-0.05, 0) is 43.2 Å². The van der Waals surface area contributed by atoms with E-state index in [0.29, 0.717) is 18.4 Å². The molecule has 0 amide bonds. The van der Waals surface area contributed by atoms with E-state index in [1.807, 2.05) is 12.4 Å². The van der Waals surface area contributed by atoms with E-state index in [-0.39, 0.29) is 0 Å². The molecule has 0 aliphatic carbocycles. The van der Waals surface area contributed by atoms with Gasteiger partial charge in [-0.2, -0.15) is 0 Å². The Hall–Kier alpha value is -3.59. The van der Waals surface area contributed by atoms with Crippen molar-refractivity contribution in [2.45, 2.75) is 19.9 Å². The van der Waals surface area contributed by atoms with Gasteiger partial charge in [0.25, 0.3) is 0 Å². The van der Waals surface area contributed by atoms with Crippen LogP contribution in [0.4, 0.5) is 28.7 Å². The SMILES string of the molecule is Cc1c(N2CCc3cnc(Nc4ccc(N5CCNCC5)cc4)nc3C2)cnc2c1NCCO2. The number of rotatable bonds is 4. The van der Waals surface area contributed by atoms with Gasteiger partial charge in [-0.15, -0.1) is 0 Å². The average Bonchev–Trinajstić information content (AvgIpc) is 2.90. The highest BCUT2D eigenvalue weighted by Crippen LogP contribution is 2.36. The Labute approximate surface area is 199 Å². The van der Waals surface area contributed by atoms with E-state index in [0.717, 1.165) is 75.0 Å². The van der Waals surface area contributed by atoms with Gasteiger partial charge in [0.05, 0.1) is 24.1 Å². The Balaban J connectivity index is 1.18. The number of hydrogen-bond donors (Lipinski definition) is 3. The number of ether oxygens (including phenoxy) is 1. The molecule has 3 N–H and O–H groups in total. The number of aromatic nitrogens is 3. The molecule has 34 heavy (non-hydrogen) atoms. The zero-order valence-corrected chi connectivity index (χ0v) is 19.5. The van der Waals surface area contributed by atoms with Crippen LogP contribution >= 0.6 is 0 Å². The van der Waals surface area contributed by atoms with Crippen molar-refractivity contribution in [3.05, 3.63) is 53.5 Å². The third-order valence-corrected chi connectivity index (χ3v) is 6.81. The zero-order valence-electron chi connectivity index (χ0n) is 19.5. The molecule has 0 saturated carbocycles. The predicted molar refractivity (Wildman–Crippen MR) is 135 cm³/mol. The molecule has 0 bridgehead atoms. The summed E-state index contributed by atoms with van der Waals surface area (Å²) in [6, 6.07) is 8.53. The summed E-state index contributed by atoms with van der Waals surface area (Å²) in [6.07, 6.45) is 4.80. The van der Waals surface area contributed by atoms with Crippen LogP contribution in [0.2, 0.25) is 0 Å². The van der Waals surface area contributed by atoms with Crippen molar-refractivity contribution in [3.63, 3.8) is 0 Å². The summed E-state index contributed by atoms with van der Waals surface area (Å²) in [4.78, 5) is 18.7. The van der Waals surface area contributed by atoms with Crippen molar-refractivity contribution in [1.82, 2.24) is 20.3 Å². The van der Waals surface area contributed by atoms with Gasteiger partial charge in [-0.25, -0.2) is 15.0 Å². The topological polar surface area (TPSA) is 90.5 Å². The number of piperazine rings is 1. The van der Waals surface area contributed by atoms with Crippen LogP contribution in [0.3, 0.4) is 0 Å². The van der Waals surface area contributed by atoms with Gasteiger partial charge in [0.2, 0.25) is 11.8 Å². The van der Waals surface area contributed by atoms with Gasteiger partial charge in [-0.1, -0.05) is 0 Å². The zero-order chi connectivity index (χ0) is 22.9. The smallest absolute Gasteiger partial charge is 0.237 e. The van der Waals surface area contributed by atoms with Gasteiger partial charge in [0.1, 0.15) is 12.3 Å². The fourth-order valence-electron chi connectivity index (χ4n) is 4.91. The molecular formula is C25H30N8O. The van der Waals surface area contributed by atoms with E-state index in [1.54, 1.807) is 0 Å². The molecule has 0 atom stereocenters. The standard InChI is InChI=1S/C25H30N8O/c1-17-22(15-28-24-23(17)27-9-13-34-24)33-10-6-18-14-29-25(31-21(18)16-33)30-19-2-4-20(5-3-19)32-11-7-26-8-12-32/h2-5,14-15,26-27H,6-13,16H2,1H3,(H,29,30,31). The second-order valence-corrected chi connectivity index (χ2v) is 8.97. The summed E-state index contributed by atoms with van der Waals surface area (Å²) in [7, 11) is 0. The third kappa shape index (κ3) is 4.07. The minimum absolute atomic E-state index is 0.630. The molecule has 9 heteroatoms. The second-order valence-electron chi connectivity index (χ2n) is 8.97. The molecule has 1 aromatic carbocycles. The number of benzene rings is 1. The molecule has 1 saturated heterocycles.